The molecule has 0 unspecified atom stereocenters. The lowest BCUT2D eigenvalue weighted by Gasteiger charge is -2.33. The molecular weight excluding hydrogens is 420 g/mol. The number of rotatable bonds is 4. The number of likely N-dealkylation sites (tertiary alicyclic amines) is 2. The molecule has 2 aliphatic rings. The molecule has 2 fully saturated rings. The first-order chi connectivity index (χ1) is 13.7. The highest BCUT2D eigenvalue weighted by Crippen LogP contribution is 2.24. The van der Waals surface area contributed by atoms with Crippen LogP contribution in [0.1, 0.15) is 44.4 Å². The minimum Gasteiger partial charge on any atom is -0.342 e. The summed E-state index contributed by atoms with van der Waals surface area (Å²) in [6.45, 7) is 4.34. The van der Waals surface area contributed by atoms with Gasteiger partial charge in [-0.15, -0.1) is 0 Å². The molecular formula is C21H27BrN4O2. The van der Waals surface area contributed by atoms with Gasteiger partial charge in [-0.3, -0.25) is 9.69 Å². The van der Waals surface area contributed by atoms with E-state index >= 15 is 0 Å². The third-order valence-corrected chi connectivity index (χ3v) is 6.31. The van der Waals surface area contributed by atoms with Crippen LogP contribution in [0.4, 0.5) is 0 Å². The van der Waals surface area contributed by atoms with Crippen molar-refractivity contribution in [2.45, 2.75) is 45.1 Å². The van der Waals surface area contributed by atoms with Gasteiger partial charge in [0, 0.05) is 29.0 Å². The summed E-state index contributed by atoms with van der Waals surface area (Å²) in [4.78, 5) is 21.8. The van der Waals surface area contributed by atoms with Crippen molar-refractivity contribution >= 4 is 21.8 Å². The standard InChI is InChI=1S/C21H27BrN4O2/c22-18-7-5-16(6-8-18)20-23-19(28-24-20)15-25-13-9-17(10-14-25)21(27)26-11-3-1-2-4-12-26/h5-8,17H,1-4,9-15H2. The van der Waals surface area contributed by atoms with E-state index in [0.717, 1.165) is 61.9 Å². The summed E-state index contributed by atoms with van der Waals surface area (Å²) >= 11 is 3.44. The maximum absolute atomic E-state index is 12.8. The number of benzene rings is 1. The van der Waals surface area contributed by atoms with Crippen molar-refractivity contribution in [2.24, 2.45) is 5.92 Å². The van der Waals surface area contributed by atoms with Crippen LogP contribution in [0.25, 0.3) is 11.4 Å². The van der Waals surface area contributed by atoms with Gasteiger partial charge in [0.1, 0.15) is 0 Å². The SMILES string of the molecule is O=C(C1CCN(Cc2nc(-c3ccc(Br)cc3)no2)CC1)N1CCCCCC1. The van der Waals surface area contributed by atoms with Crippen LogP contribution in [0.2, 0.25) is 0 Å². The van der Waals surface area contributed by atoms with E-state index in [1.807, 2.05) is 24.3 Å². The maximum Gasteiger partial charge on any atom is 0.241 e. The second-order valence-electron chi connectivity index (χ2n) is 7.81. The Labute approximate surface area is 174 Å². The van der Waals surface area contributed by atoms with Gasteiger partial charge < -0.3 is 9.42 Å². The largest absolute Gasteiger partial charge is 0.342 e. The van der Waals surface area contributed by atoms with Gasteiger partial charge in [0.05, 0.1) is 6.54 Å². The summed E-state index contributed by atoms with van der Waals surface area (Å²) in [5.41, 5.74) is 0.944. The van der Waals surface area contributed by atoms with E-state index in [4.69, 9.17) is 4.52 Å². The Hall–Kier alpha value is -1.73. The Kier molecular flexibility index (Phi) is 6.42. The fourth-order valence-electron chi connectivity index (χ4n) is 4.11. The molecule has 2 aromatic rings. The summed E-state index contributed by atoms with van der Waals surface area (Å²) < 4.78 is 6.47. The fourth-order valence-corrected chi connectivity index (χ4v) is 4.38. The van der Waals surface area contributed by atoms with E-state index in [1.54, 1.807) is 0 Å². The van der Waals surface area contributed by atoms with E-state index in [-0.39, 0.29) is 5.92 Å². The Morgan fingerprint density at radius 1 is 1.04 bits per heavy atom. The minimum atomic E-state index is 0.176. The van der Waals surface area contributed by atoms with Gasteiger partial charge in [-0.2, -0.15) is 4.98 Å². The first kappa shape index (κ1) is 19.6. The van der Waals surface area contributed by atoms with Crippen LogP contribution in [0.3, 0.4) is 0 Å². The summed E-state index contributed by atoms with van der Waals surface area (Å²) in [6, 6.07) is 7.88. The zero-order valence-corrected chi connectivity index (χ0v) is 17.7. The number of hydrogen-bond acceptors (Lipinski definition) is 5. The van der Waals surface area contributed by atoms with Gasteiger partial charge in [-0.1, -0.05) is 33.9 Å². The average molecular weight is 447 g/mol. The number of amides is 1. The van der Waals surface area contributed by atoms with Crippen molar-refractivity contribution in [3.8, 4) is 11.4 Å². The smallest absolute Gasteiger partial charge is 0.241 e. The first-order valence-corrected chi connectivity index (χ1v) is 11.1. The highest BCUT2D eigenvalue weighted by molar-refractivity contribution is 9.10. The highest BCUT2D eigenvalue weighted by atomic mass is 79.9. The topological polar surface area (TPSA) is 62.5 Å². The molecule has 28 heavy (non-hydrogen) atoms. The lowest BCUT2D eigenvalue weighted by molar-refractivity contribution is -0.137. The lowest BCUT2D eigenvalue weighted by Crippen LogP contribution is -2.42. The normalized spacial score (nSPS) is 19.5. The maximum atomic E-state index is 12.8. The molecule has 7 heteroatoms. The molecule has 0 saturated carbocycles. The van der Waals surface area contributed by atoms with Crippen molar-refractivity contribution in [1.29, 1.82) is 0 Å². The number of nitrogens with zero attached hydrogens (tertiary/aromatic N) is 4. The fraction of sp³-hybridized carbons (Fsp3) is 0.571. The summed E-state index contributed by atoms with van der Waals surface area (Å²) in [7, 11) is 0. The Balaban J connectivity index is 1.28. The number of carbonyl (C=O) groups excluding carboxylic acids is 1. The van der Waals surface area contributed by atoms with E-state index in [9.17, 15) is 4.79 Å². The lowest BCUT2D eigenvalue weighted by atomic mass is 9.95. The zero-order chi connectivity index (χ0) is 19.3. The van der Waals surface area contributed by atoms with Crippen LogP contribution in [0.5, 0.6) is 0 Å². The third-order valence-electron chi connectivity index (χ3n) is 5.78. The predicted octanol–water partition coefficient (Wildman–Crippen LogP) is 4.11. The van der Waals surface area contributed by atoms with Crippen molar-refractivity contribution in [3.63, 3.8) is 0 Å². The molecule has 1 aromatic carbocycles. The highest BCUT2D eigenvalue weighted by Gasteiger charge is 2.29. The molecule has 0 radical (unpaired) electrons. The van der Waals surface area contributed by atoms with Crippen molar-refractivity contribution in [2.75, 3.05) is 26.2 Å². The van der Waals surface area contributed by atoms with Crippen molar-refractivity contribution < 1.29 is 9.32 Å². The molecule has 6 nitrogen and oxygen atoms in total. The van der Waals surface area contributed by atoms with Gasteiger partial charge >= 0.3 is 0 Å². The summed E-state index contributed by atoms with van der Waals surface area (Å²) in [5, 5.41) is 4.11. The van der Waals surface area contributed by atoms with Crippen LogP contribution in [-0.2, 0) is 11.3 Å². The van der Waals surface area contributed by atoms with Crippen LogP contribution in [-0.4, -0.2) is 52.0 Å². The number of halogens is 1. The number of hydrogen-bond donors (Lipinski definition) is 0. The molecule has 2 saturated heterocycles. The van der Waals surface area contributed by atoms with Crippen LogP contribution in [0.15, 0.2) is 33.3 Å². The molecule has 0 aliphatic carbocycles. The summed E-state index contributed by atoms with van der Waals surface area (Å²) in [6.07, 6.45) is 6.67. The number of carbonyl (C=O) groups is 1. The molecule has 2 aliphatic heterocycles. The van der Waals surface area contributed by atoms with Crippen LogP contribution < -0.4 is 0 Å². The minimum absolute atomic E-state index is 0.176. The monoisotopic (exact) mass is 446 g/mol. The zero-order valence-electron chi connectivity index (χ0n) is 16.1. The van der Waals surface area contributed by atoms with Gasteiger partial charge in [-0.25, -0.2) is 0 Å². The first-order valence-electron chi connectivity index (χ1n) is 10.3. The average Bonchev–Trinajstić information content (AvgIpc) is 3.01. The van der Waals surface area contributed by atoms with Gasteiger partial charge in [0.15, 0.2) is 0 Å². The third kappa shape index (κ3) is 4.81. The Bertz CT molecular complexity index is 776. The number of aromatic nitrogens is 2. The quantitative estimate of drug-likeness (QED) is 0.706. The van der Waals surface area contributed by atoms with Gasteiger partial charge in [0.2, 0.25) is 17.6 Å². The molecule has 4 rings (SSSR count). The molecule has 0 bridgehead atoms. The van der Waals surface area contributed by atoms with Crippen molar-refractivity contribution in [1.82, 2.24) is 19.9 Å². The molecule has 0 atom stereocenters. The molecule has 3 heterocycles. The van der Waals surface area contributed by atoms with Gasteiger partial charge in [0.25, 0.3) is 0 Å². The van der Waals surface area contributed by atoms with E-state index < -0.39 is 0 Å². The Morgan fingerprint density at radius 3 is 2.39 bits per heavy atom. The van der Waals surface area contributed by atoms with Crippen LogP contribution >= 0.6 is 15.9 Å². The van der Waals surface area contributed by atoms with Gasteiger partial charge in [-0.05, 0) is 63.0 Å². The van der Waals surface area contributed by atoms with E-state index in [1.165, 1.54) is 12.8 Å². The molecule has 1 aromatic heterocycles. The second-order valence-corrected chi connectivity index (χ2v) is 8.72. The second kappa shape index (κ2) is 9.18. The summed E-state index contributed by atoms with van der Waals surface area (Å²) in [5.74, 6) is 1.80. The molecule has 150 valence electrons. The Morgan fingerprint density at radius 2 is 1.71 bits per heavy atom. The number of piperidine rings is 1. The molecule has 0 spiro atoms. The van der Waals surface area contributed by atoms with Crippen molar-refractivity contribution in [3.05, 3.63) is 34.6 Å². The van der Waals surface area contributed by atoms with E-state index in [0.29, 0.717) is 24.2 Å². The molecule has 0 N–H and O–H groups in total. The molecule has 1 amide bonds. The van der Waals surface area contributed by atoms with E-state index in [2.05, 4.69) is 35.9 Å². The predicted molar refractivity (Wildman–Crippen MR) is 110 cm³/mol. The van der Waals surface area contributed by atoms with Crippen LogP contribution in [0, 0.1) is 5.92 Å².